The van der Waals surface area contributed by atoms with Crippen LogP contribution in [0.15, 0.2) is 102 Å². The predicted octanol–water partition coefficient (Wildman–Crippen LogP) is 7.10. The quantitative estimate of drug-likeness (QED) is 0.245. The maximum Gasteiger partial charge on any atom is 0.238 e. The molecule has 3 aliphatic rings. The van der Waals surface area contributed by atoms with Gasteiger partial charge in [0.05, 0.1) is 12.0 Å². The fraction of sp³-hybridized carbons (Fsp3) is 0.121. The molecule has 1 amide bonds. The third-order valence-electron chi connectivity index (χ3n) is 8.40. The first kappa shape index (κ1) is 25.9. The Labute approximate surface area is 248 Å². The maximum absolute atomic E-state index is 14.7. The summed E-state index contributed by atoms with van der Waals surface area (Å²) in [5, 5.41) is 3.53. The van der Waals surface area contributed by atoms with Crippen LogP contribution >= 0.6 is 27.5 Å². The molecule has 3 aliphatic heterocycles. The number of nitrogens with one attached hydrogen (secondary N) is 1. The molecular formula is C33H21BrClFN2O3. The average molecular weight is 628 g/mol. The average Bonchev–Trinajstić information content (AvgIpc) is 3.45. The van der Waals surface area contributed by atoms with E-state index >= 15 is 0 Å². The van der Waals surface area contributed by atoms with Crippen LogP contribution in [-0.4, -0.2) is 29.6 Å². The molecule has 0 unspecified atom stereocenters. The zero-order chi connectivity index (χ0) is 28.5. The smallest absolute Gasteiger partial charge is 0.238 e. The van der Waals surface area contributed by atoms with Crippen molar-refractivity contribution in [2.45, 2.75) is 17.5 Å². The number of carbonyl (C=O) groups excluding carboxylic acids is 3. The summed E-state index contributed by atoms with van der Waals surface area (Å²) in [7, 11) is 0. The van der Waals surface area contributed by atoms with E-state index in [1.54, 1.807) is 42.5 Å². The molecule has 0 radical (unpaired) electrons. The fourth-order valence-electron chi connectivity index (χ4n) is 6.73. The lowest BCUT2D eigenvalue weighted by Gasteiger charge is -2.37. The Morgan fingerprint density at radius 1 is 0.902 bits per heavy atom. The molecule has 1 spiro atoms. The molecule has 4 aromatic rings. The van der Waals surface area contributed by atoms with Crippen molar-refractivity contribution < 1.29 is 18.8 Å². The summed E-state index contributed by atoms with van der Waals surface area (Å²) in [6.07, 6.45) is 3.78. The monoisotopic (exact) mass is 626 g/mol. The van der Waals surface area contributed by atoms with Gasteiger partial charge in [0.25, 0.3) is 0 Å². The third-order valence-corrected chi connectivity index (χ3v) is 9.17. The number of rotatable bonds is 4. The van der Waals surface area contributed by atoms with Gasteiger partial charge in [0.1, 0.15) is 17.3 Å². The molecule has 3 heterocycles. The predicted molar refractivity (Wildman–Crippen MR) is 160 cm³/mol. The number of anilines is 2. The summed E-state index contributed by atoms with van der Waals surface area (Å²) in [5.74, 6) is -2.69. The molecular weight excluding hydrogens is 607 g/mol. The van der Waals surface area contributed by atoms with Crippen molar-refractivity contribution in [2.75, 3.05) is 10.2 Å². The van der Waals surface area contributed by atoms with Crippen LogP contribution in [0.5, 0.6) is 0 Å². The van der Waals surface area contributed by atoms with Crippen molar-refractivity contribution in [1.82, 2.24) is 0 Å². The minimum atomic E-state index is -1.44. The van der Waals surface area contributed by atoms with E-state index in [1.807, 2.05) is 41.3 Å². The largest absolute Gasteiger partial charge is 0.352 e. The number of fused-ring (bicyclic) bond motifs is 6. The van der Waals surface area contributed by atoms with Crippen LogP contribution in [0.2, 0.25) is 5.02 Å². The van der Waals surface area contributed by atoms with Gasteiger partial charge in [-0.3, -0.25) is 14.4 Å². The van der Waals surface area contributed by atoms with E-state index in [0.717, 1.165) is 10.0 Å². The number of carbonyl (C=O) groups is 3. The van der Waals surface area contributed by atoms with Gasteiger partial charge in [-0.25, -0.2) is 4.39 Å². The van der Waals surface area contributed by atoms with Crippen molar-refractivity contribution in [1.29, 1.82) is 0 Å². The molecule has 8 heteroatoms. The Bertz CT molecular complexity index is 1790. The van der Waals surface area contributed by atoms with E-state index in [0.29, 0.717) is 27.5 Å². The van der Waals surface area contributed by atoms with Crippen LogP contribution in [0.4, 0.5) is 15.8 Å². The molecule has 0 saturated carbocycles. The zero-order valence-electron chi connectivity index (χ0n) is 21.4. The first-order chi connectivity index (χ1) is 19.8. The topological polar surface area (TPSA) is 66.5 Å². The van der Waals surface area contributed by atoms with E-state index in [9.17, 15) is 18.8 Å². The molecule has 0 bridgehead atoms. The van der Waals surface area contributed by atoms with E-state index in [4.69, 9.17) is 11.6 Å². The first-order valence-electron chi connectivity index (χ1n) is 13.1. The van der Waals surface area contributed by atoms with Crippen molar-refractivity contribution >= 4 is 62.5 Å². The lowest BCUT2D eigenvalue weighted by molar-refractivity contribution is -0.121. The number of hydrogen-bond acceptors (Lipinski definition) is 4. The summed E-state index contributed by atoms with van der Waals surface area (Å²) < 4.78 is 14.7. The number of amides is 1. The molecule has 202 valence electrons. The van der Waals surface area contributed by atoms with Gasteiger partial charge in [-0.2, -0.15) is 0 Å². The van der Waals surface area contributed by atoms with Gasteiger partial charge in [0, 0.05) is 32.0 Å². The Morgan fingerprint density at radius 3 is 2.34 bits per heavy atom. The highest BCUT2D eigenvalue weighted by Gasteiger charge is 2.70. The fourth-order valence-corrected chi connectivity index (χ4v) is 7.17. The molecule has 0 aromatic heterocycles. The zero-order valence-corrected chi connectivity index (χ0v) is 23.7. The number of halogens is 3. The number of para-hydroxylation sites is 1. The Morgan fingerprint density at radius 2 is 1.59 bits per heavy atom. The number of ketones is 2. The second-order valence-electron chi connectivity index (χ2n) is 10.4. The lowest BCUT2D eigenvalue weighted by atomic mass is 9.64. The highest BCUT2D eigenvalue weighted by atomic mass is 79.9. The second kappa shape index (κ2) is 9.50. The standard InChI is InChI=1S/C33H21BrClFN2O3/c34-21-10-5-19(6-11-21)31(40)29-28(30(39)18-7-13-23(36)14-8-18)33(24-3-1-2-4-25(24)37-32(33)41)27-16-9-20-17-22(35)12-15-26(20)38(27)29/h1-17,27-29H,(H,37,41)/t27-,28-,29+,33-/m1/s1. The second-order valence-corrected chi connectivity index (χ2v) is 11.8. The van der Waals surface area contributed by atoms with E-state index in [2.05, 4.69) is 21.2 Å². The highest BCUT2D eigenvalue weighted by molar-refractivity contribution is 9.10. The van der Waals surface area contributed by atoms with Gasteiger partial charge in [-0.05, 0) is 71.8 Å². The number of hydrogen-bond donors (Lipinski definition) is 1. The van der Waals surface area contributed by atoms with Crippen LogP contribution in [0, 0.1) is 11.7 Å². The molecule has 5 nitrogen and oxygen atoms in total. The van der Waals surface area contributed by atoms with E-state index < -0.39 is 35.0 Å². The van der Waals surface area contributed by atoms with Gasteiger partial charge in [-0.1, -0.05) is 70.0 Å². The summed E-state index contributed by atoms with van der Waals surface area (Å²) >= 11 is 9.77. The van der Waals surface area contributed by atoms with Crippen LogP contribution < -0.4 is 10.2 Å². The van der Waals surface area contributed by atoms with Crippen molar-refractivity contribution in [3.8, 4) is 0 Å². The lowest BCUT2D eigenvalue weighted by Crippen LogP contribution is -2.51. The number of benzene rings is 4. The van der Waals surface area contributed by atoms with Crippen LogP contribution in [-0.2, 0) is 10.2 Å². The third kappa shape index (κ3) is 3.76. The molecule has 1 saturated heterocycles. The maximum atomic E-state index is 14.7. The molecule has 41 heavy (non-hydrogen) atoms. The van der Waals surface area contributed by atoms with E-state index in [-0.39, 0.29) is 17.3 Å². The molecule has 7 rings (SSSR count). The summed E-state index contributed by atoms with van der Waals surface area (Å²) in [6, 6.07) is 23.1. The van der Waals surface area contributed by atoms with Gasteiger partial charge < -0.3 is 10.2 Å². The van der Waals surface area contributed by atoms with Gasteiger partial charge in [-0.15, -0.1) is 0 Å². The van der Waals surface area contributed by atoms with Gasteiger partial charge in [0.15, 0.2) is 11.6 Å². The molecule has 1 fully saturated rings. The van der Waals surface area contributed by atoms with E-state index in [1.165, 1.54) is 24.3 Å². The summed E-state index contributed by atoms with van der Waals surface area (Å²) in [5.41, 5.74) is 1.91. The summed E-state index contributed by atoms with van der Waals surface area (Å²) in [6.45, 7) is 0. The minimum Gasteiger partial charge on any atom is -0.352 e. The molecule has 0 aliphatic carbocycles. The van der Waals surface area contributed by atoms with Crippen molar-refractivity contribution in [3.05, 3.63) is 135 Å². The first-order valence-corrected chi connectivity index (χ1v) is 14.2. The van der Waals surface area contributed by atoms with Crippen LogP contribution in [0.3, 0.4) is 0 Å². The van der Waals surface area contributed by atoms with Gasteiger partial charge in [0.2, 0.25) is 5.91 Å². The highest BCUT2D eigenvalue weighted by Crippen LogP contribution is 2.58. The molecule has 4 atom stereocenters. The molecule has 1 N–H and O–H groups in total. The Balaban J connectivity index is 1.53. The van der Waals surface area contributed by atoms with Crippen LogP contribution in [0.1, 0.15) is 31.8 Å². The Kier molecular flexibility index (Phi) is 5.99. The summed E-state index contributed by atoms with van der Waals surface area (Å²) in [4.78, 5) is 45.5. The SMILES string of the molecule is O=C(c1ccc(Br)cc1)[C@@H]1[C@H](C(=O)c2ccc(F)cc2)[C@]2(C(=O)Nc3ccccc32)[C@H]2C=Cc3cc(Cl)ccc3N12. The molecule has 4 aromatic carbocycles. The normalized spacial score (nSPS) is 23.6. The van der Waals surface area contributed by atoms with Gasteiger partial charge >= 0.3 is 0 Å². The van der Waals surface area contributed by atoms with Crippen molar-refractivity contribution in [2.24, 2.45) is 5.92 Å². The number of nitrogens with zero attached hydrogens (tertiary/aromatic N) is 1. The number of Topliss-reactive ketones (excluding diaryl/α,β-unsaturated/α-hetero) is 2. The Hall–Kier alpha value is -4.07. The minimum absolute atomic E-state index is 0.224. The van der Waals surface area contributed by atoms with Crippen molar-refractivity contribution in [3.63, 3.8) is 0 Å². The van der Waals surface area contributed by atoms with Crippen LogP contribution in [0.25, 0.3) is 6.08 Å².